The van der Waals surface area contributed by atoms with Gasteiger partial charge in [-0.1, -0.05) is 46.9 Å². The summed E-state index contributed by atoms with van der Waals surface area (Å²) >= 11 is 2.66. The largest absolute Gasteiger partial charge is 0.355 e. The molecule has 1 aliphatic carbocycles. The number of para-hydroxylation sites is 1. The minimum atomic E-state index is -0.345. The number of allylic oxidation sites excluding steroid dienone is 1. The Bertz CT molecular complexity index is 809. The molecule has 0 spiro atoms. The summed E-state index contributed by atoms with van der Waals surface area (Å²) in [4.78, 5) is 12.3. The molecule has 1 aromatic heterocycles. The molecule has 27 heavy (non-hydrogen) atoms. The van der Waals surface area contributed by atoms with Crippen molar-refractivity contribution in [1.29, 1.82) is 0 Å². The van der Waals surface area contributed by atoms with Crippen molar-refractivity contribution < 1.29 is 9.18 Å². The van der Waals surface area contributed by atoms with Crippen LogP contribution in [0.1, 0.15) is 39.0 Å². The van der Waals surface area contributed by atoms with Crippen LogP contribution in [0.25, 0.3) is 0 Å². The van der Waals surface area contributed by atoms with Gasteiger partial charge in [0.2, 0.25) is 11.0 Å². The van der Waals surface area contributed by atoms with Crippen LogP contribution in [-0.4, -0.2) is 27.9 Å². The van der Waals surface area contributed by atoms with Crippen LogP contribution in [0.3, 0.4) is 0 Å². The zero-order chi connectivity index (χ0) is 19.1. The van der Waals surface area contributed by atoms with Crippen LogP contribution in [0, 0.1) is 5.82 Å². The number of aromatic nitrogens is 2. The average Bonchev–Trinajstić information content (AvgIpc) is 3.11. The third kappa shape index (κ3) is 6.04. The second kappa shape index (κ2) is 9.85. The number of nitrogens with one attached hydrogen (secondary N) is 2. The van der Waals surface area contributed by atoms with Crippen LogP contribution < -0.4 is 10.6 Å². The molecular weight excluding hydrogens is 383 g/mol. The highest BCUT2D eigenvalue weighted by Crippen LogP contribution is 2.31. The second-order valence-electron chi connectivity index (χ2n) is 6.39. The quantitative estimate of drug-likeness (QED) is 0.482. The van der Waals surface area contributed by atoms with Crippen LogP contribution in [-0.2, 0) is 4.79 Å². The zero-order valence-electron chi connectivity index (χ0n) is 15.2. The average molecular weight is 407 g/mol. The van der Waals surface area contributed by atoms with E-state index in [1.165, 1.54) is 47.6 Å². The van der Waals surface area contributed by atoms with E-state index in [0.29, 0.717) is 21.7 Å². The van der Waals surface area contributed by atoms with Gasteiger partial charge in [-0.15, -0.1) is 10.2 Å². The summed E-state index contributed by atoms with van der Waals surface area (Å²) < 4.78 is 14.4. The molecule has 1 heterocycles. The van der Waals surface area contributed by atoms with Crippen molar-refractivity contribution >= 4 is 39.8 Å². The smallest absolute Gasteiger partial charge is 0.233 e. The molecule has 0 saturated heterocycles. The molecule has 2 N–H and O–H groups in total. The lowest BCUT2D eigenvalue weighted by atomic mass is 9.97. The highest BCUT2D eigenvalue weighted by Gasteiger charge is 2.17. The number of rotatable bonds is 8. The van der Waals surface area contributed by atoms with E-state index in [4.69, 9.17) is 0 Å². The maximum Gasteiger partial charge on any atom is 0.233 e. The number of carbonyl (C=O) groups is 1. The first kappa shape index (κ1) is 19.8. The van der Waals surface area contributed by atoms with Gasteiger partial charge >= 0.3 is 0 Å². The molecule has 144 valence electrons. The van der Waals surface area contributed by atoms with Gasteiger partial charge in [0.1, 0.15) is 5.82 Å². The molecule has 0 radical (unpaired) electrons. The van der Waals surface area contributed by atoms with Crippen molar-refractivity contribution in [3.63, 3.8) is 0 Å². The maximum absolute atomic E-state index is 13.7. The number of anilines is 2. The molecule has 0 bridgehead atoms. The Labute approximate surface area is 166 Å². The molecule has 0 aliphatic heterocycles. The van der Waals surface area contributed by atoms with Gasteiger partial charge in [0, 0.05) is 6.54 Å². The molecule has 5 nitrogen and oxygen atoms in total. The Balaban J connectivity index is 1.45. The standard InChI is InChI=1S/C19H23FN4OS2/c1-13(17(25)21-12-11-14-7-3-2-4-8-14)26-19-24-23-18(27-19)22-16-10-6-5-9-15(16)20/h5-7,9-10,13H,2-4,8,11-12H2,1H3,(H,21,25)(H,22,23)/t13-/m0/s1. The zero-order valence-corrected chi connectivity index (χ0v) is 16.8. The number of hydrogen-bond acceptors (Lipinski definition) is 6. The number of nitrogens with zero attached hydrogens (tertiary/aromatic N) is 2. The lowest BCUT2D eigenvalue weighted by Crippen LogP contribution is -2.31. The van der Waals surface area contributed by atoms with Gasteiger partial charge in [0.25, 0.3) is 0 Å². The molecule has 8 heteroatoms. The lowest BCUT2D eigenvalue weighted by molar-refractivity contribution is -0.120. The molecule has 1 amide bonds. The number of halogens is 1. The van der Waals surface area contributed by atoms with Gasteiger partial charge in [-0.05, 0) is 51.2 Å². The third-order valence-electron chi connectivity index (χ3n) is 4.30. The van der Waals surface area contributed by atoms with Gasteiger partial charge in [0.05, 0.1) is 10.9 Å². The molecule has 0 saturated carbocycles. The van der Waals surface area contributed by atoms with Crippen LogP contribution >= 0.6 is 23.1 Å². The molecule has 1 aromatic carbocycles. The molecule has 1 atom stereocenters. The monoisotopic (exact) mass is 406 g/mol. The number of benzene rings is 1. The first-order chi connectivity index (χ1) is 13.1. The fourth-order valence-electron chi connectivity index (χ4n) is 2.81. The van der Waals surface area contributed by atoms with Crippen LogP contribution in [0.5, 0.6) is 0 Å². The molecule has 0 fully saturated rings. The molecule has 2 aromatic rings. The summed E-state index contributed by atoms with van der Waals surface area (Å²) in [5.74, 6) is -0.349. The first-order valence-electron chi connectivity index (χ1n) is 9.09. The SMILES string of the molecule is C[C@H](Sc1nnc(Nc2ccccc2F)s1)C(=O)NCCC1=CCCCC1. The number of thioether (sulfide) groups is 1. The molecule has 0 unspecified atom stereocenters. The van der Waals surface area contributed by atoms with Crippen LogP contribution in [0.2, 0.25) is 0 Å². The summed E-state index contributed by atoms with van der Waals surface area (Å²) in [5.41, 5.74) is 1.81. The first-order valence-corrected chi connectivity index (χ1v) is 10.8. The van der Waals surface area contributed by atoms with Gasteiger partial charge in [-0.2, -0.15) is 0 Å². The fourth-order valence-corrected chi connectivity index (χ4v) is 4.74. The second-order valence-corrected chi connectivity index (χ2v) is 8.95. The number of carbonyl (C=O) groups excluding carboxylic acids is 1. The van der Waals surface area contributed by atoms with Crippen molar-refractivity contribution in [2.45, 2.75) is 48.6 Å². The van der Waals surface area contributed by atoms with Crippen LogP contribution in [0.4, 0.5) is 15.2 Å². The lowest BCUT2D eigenvalue weighted by Gasteiger charge is -2.14. The Morgan fingerprint density at radius 2 is 2.19 bits per heavy atom. The van der Waals surface area contributed by atoms with E-state index < -0.39 is 0 Å². The van der Waals surface area contributed by atoms with E-state index in [1.807, 2.05) is 6.92 Å². The van der Waals surface area contributed by atoms with Gasteiger partial charge in [0.15, 0.2) is 4.34 Å². The Morgan fingerprint density at radius 3 is 2.96 bits per heavy atom. The summed E-state index contributed by atoms with van der Waals surface area (Å²) in [7, 11) is 0. The van der Waals surface area contributed by atoms with Crippen molar-refractivity contribution in [1.82, 2.24) is 15.5 Å². The van der Waals surface area contributed by atoms with E-state index in [1.54, 1.807) is 18.2 Å². The summed E-state index contributed by atoms with van der Waals surface area (Å²) in [6, 6.07) is 6.40. The Morgan fingerprint density at radius 1 is 1.33 bits per heavy atom. The van der Waals surface area contributed by atoms with Gasteiger partial charge in [-0.3, -0.25) is 4.79 Å². The predicted octanol–water partition coefficient (Wildman–Crippen LogP) is 4.91. The summed E-state index contributed by atoms with van der Waals surface area (Å²) in [6.45, 7) is 2.52. The predicted molar refractivity (Wildman–Crippen MR) is 109 cm³/mol. The Hall–Kier alpha value is -1.93. The van der Waals surface area contributed by atoms with Crippen molar-refractivity contribution in [2.24, 2.45) is 0 Å². The molecule has 3 rings (SSSR count). The van der Waals surface area contributed by atoms with Gasteiger partial charge in [-0.25, -0.2) is 4.39 Å². The topological polar surface area (TPSA) is 66.9 Å². The number of hydrogen-bond donors (Lipinski definition) is 2. The van der Waals surface area contributed by atoms with Crippen molar-refractivity contribution in [2.75, 3.05) is 11.9 Å². The number of amides is 1. The fraction of sp³-hybridized carbons (Fsp3) is 0.421. The molecular formula is C19H23FN4OS2. The Kier molecular flexibility index (Phi) is 7.23. The normalized spacial score (nSPS) is 15.1. The van der Waals surface area contributed by atoms with Crippen LogP contribution in [0.15, 0.2) is 40.3 Å². The van der Waals surface area contributed by atoms with E-state index in [9.17, 15) is 9.18 Å². The third-order valence-corrected chi connectivity index (χ3v) is 6.32. The summed E-state index contributed by atoms with van der Waals surface area (Å²) in [5, 5.41) is 14.2. The highest BCUT2D eigenvalue weighted by molar-refractivity contribution is 8.02. The van der Waals surface area contributed by atoms with E-state index >= 15 is 0 Å². The van der Waals surface area contributed by atoms with E-state index in [0.717, 1.165) is 19.3 Å². The minimum Gasteiger partial charge on any atom is -0.355 e. The van der Waals surface area contributed by atoms with E-state index in [-0.39, 0.29) is 17.0 Å². The van der Waals surface area contributed by atoms with Gasteiger partial charge < -0.3 is 10.6 Å². The minimum absolute atomic E-state index is 0.00442. The molecule has 1 aliphatic rings. The van der Waals surface area contributed by atoms with Crippen molar-refractivity contribution in [3.05, 3.63) is 41.7 Å². The maximum atomic E-state index is 13.7. The van der Waals surface area contributed by atoms with Crippen molar-refractivity contribution in [3.8, 4) is 0 Å². The van der Waals surface area contributed by atoms with E-state index in [2.05, 4.69) is 26.9 Å². The summed E-state index contributed by atoms with van der Waals surface area (Å²) in [6.07, 6.45) is 8.09. The highest BCUT2D eigenvalue weighted by atomic mass is 32.2.